The second kappa shape index (κ2) is 8.68. The molecular weight excluding hydrogens is 407 g/mol. The van der Waals surface area contributed by atoms with Gasteiger partial charge in [0.15, 0.2) is 5.65 Å². The molecular formula is C18H18F3N5O4. The maximum absolute atomic E-state index is 10.6. The number of rotatable bonds is 3. The van der Waals surface area contributed by atoms with Crippen LogP contribution < -0.4 is 16.2 Å². The highest BCUT2D eigenvalue weighted by molar-refractivity contribution is 5.90. The van der Waals surface area contributed by atoms with Crippen LogP contribution in [0.2, 0.25) is 0 Å². The number of ether oxygens (including phenoxy) is 1. The van der Waals surface area contributed by atoms with Crippen LogP contribution in [-0.2, 0) is 11.2 Å². The maximum Gasteiger partial charge on any atom is 0.490 e. The van der Waals surface area contributed by atoms with Crippen molar-refractivity contribution < 1.29 is 32.9 Å². The molecule has 0 aliphatic heterocycles. The predicted octanol–water partition coefficient (Wildman–Crippen LogP) is 2.44. The molecule has 0 aliphatic carbocycles. The number of methoxy groups -OCH3 is 1. The van der Waals surface area contributed by atoms with E-state index in [0.29, 0.717) is 29.0 Å². The molecule has 30 heavy (non-hydrogen) atoms. The minimum Gasteiger partial charge on any atom is -0.508 e. The Morgan fingerprint density at radius 2 is 1.83 bits per heavy atom. The number of pyridine rings is 1. The number of alkyl halides is 3. The number of carbonyl (C=O) groups is 1. The Balaban J connectivity index is 0.000000396. The summed E-state index contributed by atoms with van der Waals surface area (Å²) < 4.78 is 36.9. The average molecular weight is 425 g/mol. The number of nitrogens with zero attached hydrogens (tertiary/aromatic N) is 3. The maximum atomic E-state index is 10.6. The van der Waals surface area contributed by atoms with Crippen LogP contribution in [-0.4, -0.2) is 44.4 Å². The number of benzene rings is 1. The fraction of sp³-hybridized carbons (Fsp3) is 0.222. The third-order valence-electron chi connectivity index (χ3n) is 4.04. The van der Waals surface area contributed by atoms with Gasteiger partial charge in [0.25, 0.3) is 0 Å². The lowest BCUT2D eigenvalue weighted by molar-refractivity contribution is -0.192. The molecule has 0 saturated carbocycles. The van der Waals surface area contributed by atoms with Gasteiger partial charge in [-0.2, -0.15) is 23.1 Å². The second-order valence-corrected chi connectivity index (χ2v) is 6.05. The lowest BCUT2D eigenvalue weighted by Gasteiger charge is -2.12. The van der Waals surface area contributed by atoms with E-state index in [1.807, 2.05) is 6.92 Å². The fourth-order valence-electron chi connectivity index (χ4n) is 2.55. The standard InChI is InChI=1S/C16H17N5O2.C2HF3O2/c1-8-10(5-9-6-11(23-2)3-4-12(9)22)7-19-15-13(8)14(17)20-16(18)21-15;3-2(4,5)1(6)7/h3-4,6-7,22H,5H2,1-2H3,(H4,17,18,19,20,21);(H,6,7). The first-order valence-electron chi connectivity index (χ1n) is 8.27. The number of hydrogen-bond acceptors (Lipinski definition) is 8. The van der Waals surface area contributed by atoms with Crippen LogP contribution in [0.4, 0.5) is 24.9 Å². The number of aliphatic carboxylic acids is 1. The molecule has 6 N–H and O–H groups in total. The van der Waals surface area contributed by atoms with Gasteiger partial charge in [-0.25, -0.2) is 9.78 Å². The summed E-state index contributed by atoms with van der Waals surface area (Å²) in [6.07, 6.45) is -2.88. The lowest BCUT2D eigenvalue weighted by Crippen LogP contribution is -2.21. The SMILES string of the molecule is COc1ccc(O)c(Cc2cnc3nc(N)nc(N)c3c2C)c1.O=C(O)C(F)(F)F. The van der Waals surface area contributed by atoms with Gasteiger partial charge in [0.1, 0.15) is 17.3 Å². The smallest absolute Gasteiger partial charge is 0.490 e. The third kappa shape index (κ3) is 5.16. The van der Waals surface area contributed by atoms with Gasteiger partial charge < -0.3 is 26.4 Å². The van der Waals surface area contributed by atoms with Gasteiger partial charge in [0, 0.05) is 18.2 Å². The Hall–Kier alpha value is -3.83. The third-order valence-corrected chi connectivity index (χ3v) is 4.04. The van der Waals surface area contributed by atoms with E-state index in [1.165, 1.54) is 0 Å². The summed E-state index contributed by atoms with van der Waals surface area (Å²) >= 11 is 0. The zero-order valence-electron chi connectivity index (χ0n) is 15.9. The van der Waals surface area contributed by atoms with Crippen molar-refractivity contribution in [1.82, 2.24) is 15.0 Å². The molecule has 0 amide bonds. The molecule has 3 rings (SSSR count). The number of halogens is 3. The number of phenolic OH excluding ortho intramolecular Hbond substituents is 1. The van der Waals surface area contributed by atoms with Crippen molar-refractivity contribution in [2.24, 2.45) is 0 Å². The molecule has 2 heterocycles. The van der Waals surface area contributed by atoms with Gasteiger partial charge in [-0.05, 0) is 36.2 Å². The van der Waals surface area contributed by atoms with Crippen LogP contribution in [0.25, 0.3) is 11.0 Å². The highest BCUT2D eigenvalue weighted by Gasteiger charge is 2.38. The van der Waals surface area contributed by atoms with E-state index in [-0.39, 0.29) is 11.7 Å². The molecule has 0 saturated heterocycles. The first-order valence-corrected chi connectivity index (χ1v) is 8.27. The molecule has 12 heteroatoms. The number of aryl methyl sites for hydroxylation is 1. The number of carboxylic acid groups (broad SMARTS) is 1. The molecule has 0 unspecified atom stereocenters. The number of aromatic nitrogens is 3. The number of nitrogens with two attached hydrogens (primary N) is 2. The van der Waals surface area contributed by atoms with Gasteiger partial charge in [-0.3, -0.25) is 0 Å². The molecule has 0 fully saturated rings. The summed E-state index contributed by atoms with van der Waals surface area (Å²) in [5.74, 6) is -1.48. The van der Waals surface area contributed by atoms with Crippen LogP contribution >= 0.6 is 0 Å². The van der Waals surface area contributed by atoms with Gasteiger partial charge in [0.05, 0.1) is 12.5 Å². The van der Waals surface area contributed by atoms with Crippen molar-refractivity contribution in [3.05, 3.63) is 41.1 Å². The monoisotopic (exact) mass is 425 g/mol. The summed E-state index contributed by atoms with van der Waals surface area (Å²) in [6, 6.07) is 5.11. The first kappa shape index (κ1) is 22.5. The van der Waals surface area contributed by atoms with Crippen molar-refractivity contribution in [3.8, 4) is 11.5 Å². The first-order chi connectivity index (χ1) is 13.9. The minimum atomic E-state index is -5.08. The van der Waals surface area contributed by atoms with E-state index in [9.17, 15) is 18.3 Å². The van der Waals surface area contributed by atoms with Crippen molar-refractivity contribution in [1.29, 1.82) is 0 Å². The topological polar surface area (TPSA) is 157 Å². The Morgan fingerprint density at radius 3 is 2.40 bits per heavy atom. The number of aromatic hydroxyl groups is 1. The van der Waals surface area contributed by atoms with E-state index < -0.39 is 12.1 Å². The van der Waals surface area contributed by atoms with Crippen molar-refractivity contribution in [2.45, 2.75) is 19.5 Å². The molecule has 0 atom stereocenters. The summed E-state index contributed by atoms with van der Waals surface area (Å²) in [7, 11) is 1.58. The van der Waals surface area contributed by atoms with E-state index in [0.717, 1.165) is 16.7 Å². The summed E-state index contributed by atoms with van der Waals surface area (Å²) in [4.78, 5) is 21.3. The molecule has 0 bridgehead atoms. The van der Waals surface area contributed by atoms with Gasteiger partial charge in [-0.15, -0.1) is 0 Å². The van der Waals surface area contributed by atoms with E-state index in [2.05, 4.69) is 15.0 Å². The number of carboxylic acids is 1. The van der Waals surface area contributed by atoms with Gasteiger partial charge in [-0.1, -0.05) is 0 Å². The highest BCUT2D eigenvalue weighted by Crippen LogP contribution is 2.29. The molecule has 0 spiro atoms. The van der Waals surface area contributed by atoms with Crippen molar-refractivity contribution in [3.63, 3.8) is 0 Å². The van der Waals surface area contributed by atoms with Gasteiger partial charge >= 0.3 is 12.1 Å². The Morgan fingerprint density at radius 1 is 1.20 bits per heavy atom. The minimum absolute atomic E-state index is 0.0973. The van der Waals surface area contributed by atoms with Gasteiger partial charge in [0.2, 0.25) is 5.95 Å². The molecule has 3 aromatic rings. The van der Waals surface area contributed by atoms with Crippen molar-refractivity contribution >= 4 is 28.8 Å². The molecule has 2 aromatic heterocycles. The highest BCUT2D eigenvalue weighted by atomic mass is 19.4. The zero-order valence-corrected chi connectivity index (χ0v) is 15.9. The Bertz CT molecular complexity index is 1090. The molecule has 9 nitrogen and oxygen atoms in total. The van der Waals surface area contributed by atoms with Crippen LogP contribution in [0.15, 0.2) is 24.4 Å². The van der Waals surface area contributed by atoms with E-state index in [4.69, 9.17) is 26.1 Å². The molecule has 1 aromatic carbocycles. The number of hydrogen-bond donors (Lipinski definition) is 4. The lowest BCUT2D eigenvalue weighted by atomic mass is 9.99. The van der Waals surface area contributed by atoms with Crippen molar-refractivity contribution in [2.75, 3.05) is 18.6 Å². The number of nitrogen functional groups attached to an aromatic ring is 2. The summed E-state index contributed by atoms with van der Waals surface area (Å²) in [6.45, 7) is 1.92. The molecule has 0 aliphatic rings. The average Bonchev–Trinajstić information content (AvgIpc) is 2.64. The van der Waals surface area contributed by atoms with E-state index >= 15 is 0 Å². The van der Waals surface area contributed by atoms with Crippen LogP contribution in [0, 0.1) is 6.92 Å². The summed E-state index contributed by atoms with van der Waals surface area (Å²) in [5, 5.41) is 17.8. The largest absolute Gasteiger partial charge is 0.508 e. The van der Waals surface area contributed by atoms with Crippen LogP contribution in [0.1, 0.15) is 16.7 Å². The van der Waals surface area contributed by atoms with Crippen LogP contribution in [0.5, 0.6) is 11.5 Å². The predicted molar refractivity (Wildman–Crippen MR) is 102 cm³/mol. The molecule has 0 radical (unpaired) electrons. The number of fused-ring (bicyclic) bond motifs is 1. The number of phenols is 1. The molecule has 160 valence electrons. The normalized spacial score (nSPS) is 11.0. The van der Waals surface area contributed by atoms with E-state index in [1.54, 1.807) is 31.5 Å². The second-order valence-electron chi connectivity index (χ2n) is 6.05. The fourth-order valence-corrected chi connectivity index (χ4v) is 2.55. The quantitative estimate of drug-likeness (QED) is 0.494. The Kier molecular flexibility index (Phi) is 6.49. The van der Waals surface area contributed by atoms with Crippen LogP contribution in [0.3, 0.4) is 0 Å². The number of anilines is 2. The summed E-state index contributed by atoms with van der Waals surface area (Å²) in [5.41, 5.74) is 14.6. The zero-order chi connectivity index (χ0) is 22.6. The Labute approximate surface area is 168 Å².